The molecule has 8 atom stereocenters. The van der Waals surface area contributed by atoms with Crippen LogP contribution in [0.2, 0.25) is 0 Å². The number of fused-ring (bicyclic) bond motifs is 5. The summed E-state index contributed by atoms with van der Waals surface area (Å²) in [4.78, 5) is 24.4. The summed E-state index contributed by atoms with van der Waals surface area (Å²) >= 11 is 5.76. The number of hydrogen-bond acceptors (Lipinski definition) is 5. The third kappa shape index (κ3) is 2.35. The van der Waals surface area contributed by atoms with Crippen LogP contribution in [0.15, 0.2) is 11.6 Å². The zero-order valence-corrected chi connectivity index (χ0v) is 16.7. The van der Waals surface area contributed by atoms with Gasteiger partial charge in [-0.15, -0.1) is 11.6 Å². The second kappa shape index (κ2) is 6.12. The Bertz CT molecular complexity index is 719. The molecular weight excluding hydrogens is 368 g/mol. The Morgan fingerprint density at radius 1 is 1.30 bits per heavy atom. The van der Waals surface area contributed by atoms with Crippen molar-refractivity contribution in [1.82, 2.24) is 0 Å². The lowest BCUT2D eigenvalue weighted by Crippen LogP contribution is -2.63. The number of rotatable bonds is 2. The van der Waals surface area contributed by atoms with Gasteiger partial charge in [0.05, 0.1) is 18.1 Å². The highest BCUT2D eigenvalue weighted by atomic mass is 35.5. The van der Waals surface area contributed by atoms with Crippen molar-refractivity contribution in [3.63, 3.8) is 0 Å². The van der Waals surface area contributed by atoms with Crippen molar-refractivity contribution < 1.29 is 24.9 Å². The van der Waals surface area contributed by atoms with Crippen LogP contribution < -0.4 is 0 Å². The topological polar surface area (TPSA) is 94.8 Å². The Balaban J connectivity index is 1.77. The molecule has 0 aromatic carbocycles. The van der Waals surface area contributed by atoms with Crippen LogP contribution in [-0.2, 0) is 9.59 Å². The third-order valence-corrected chi connectivity index (χ3v) is 8.91. The molecule has 150 valence electrons. The Morgan fingerprint density at radius 2 is 2.00 bits per heavy atom. The van der Waals surface area contributed by atoms with Crippen molar-refractivity contribution in [2.45, 2.75) is 70.2 Å². The summed E-state index contributed by atoms with van der Waals surface area (Å²) in [6.45, 7) is 3.98. The molecule has 3 fully saturated rings. The fourth-order valence-corrected chi connectivity index (χ4v) is 7.51. The smallest absolute Gasteiger partial charge is 0.182 e. The minimum Gasteiger partial charge on any atom is -0.393 e. The fourth-order valence-electron chi connectivity index (χ4n) is 7.31. The van der Waals surface area contributed by atoms with Gasteiger partial charge >= 0.3 is 0 Å². The third-order valence-electron chi connectivity index (χ3n) is 8.66. The first-order valence-corrected chi connectivity index (χ1v) is 10.5. The number of aliphatic hydroxyl groups is 3. The Labute approximate surface area is 164 Å². The van der Waals surface area contributed by atoms with Gasteiger partial charge in [0.2, 0.25) is 0 Å². The van der Waals surface area contributed by atoms with Crippen molar-refractivity contribution in [3.05, 3.63) is 11.6 Å². The maximum atomic E-state index is 12.5. The van der Waals surface area contributed by atoms with Crippen LogP contribution in [0.1, 0.15) is 52.4 Å². The standard InChI is InChI=1S/C21H29ClO5/c1-19-6-5-12(23)7-11(19)3-4-13-14-8-16(25)21(27,17(26)10-22)20(14,2)9-15(24)18(13)19/h7,13-16,18,24-25,27H,3-6,8-10H2,1-2H3/t13-,14-,15?,16?,18+,19-,20-,21-/m0/s1. The zero-order valence-electron chi connectivity index (χ0n) is 15.9. The number of Topliss-reactive ketones (excluding diaryl/α,β-unsaturated/α-hetero) is 1. The van der Waals surface area contributed by atoms with Gasteiger partial charge in [0.25, 0.3) is 0 Å². The number of aliphatic hydroxyl groups excluding tert-OH is 2. The Kier molecular flexibility index (Phi) is 4.44. The van der Waals surface area contributed by atoms with E-state index in [1.807, 2.05) is 6.92 Å². The van der Waals surface area contributed by atoms with Gasteiger partial charge in [-0.3, -0.25) is 9.59 Å². The van der Waals surface area contributed by atoms with E-state index in [9.17, 15) is 24.9 Å². The van der Waals surface area contributed by atoms with Gasteiger partial charge in [0.15, 0.2) is 17.2 Å². The van der Waals surface area contributed by atoms with Gasteiger partial charge in [0, 0.05) is 11.8 Å². The normalized spacial score (nSPS) is 51.9. The van der Waals surface area contributed by atoms with Gasteiger partial charge in [-0.25, -0.2) is 0 Å². The molecule has 0 aliphatic heterocycles. The van der Waals surface area contributed by atoms with Crippen LogP contribution in [0.25, 0.3) is 0 Å². The summed E-state index contributed by atoms with van der Waals surface area (Å²) < 4.78 is 0. The predicted molar refractivity (Wildman–Crippen MR) is 100 cm³/mol. The first-order valence-electron chi connectivity index (χ1n) is 10.0. The van der Waals surface area contributed by atoms with E-state index in [4.69, 9.17) is 11.6 Å². The van der Waals surface area contributed by atoms with Crippen LogP contribution in [0.5, 0.6) is 0 Å². The van der Waals surface area contributed by atoms with Gasteiger partial charge in [-0.1, -0.05) is 19.4 Å². The average molecular weight is 397 g/mol. The molecule has 0 radical (unpaired) electrons. The number of hydrogen-bond donors (Lipinski definition) is 3. The van der Waals surface area contributed by atoms with E-state index in [1.54, 1.807) is 6.08 Å². The number of carbonyl (C=O) groups is 2. The SMILES string of the molecule is C[C@]12CCC(=O)C=C1CC[C@@H]1[C@@H]2C(O)C[C@@]2(C)[C@H]1CC(O)[C@]2(O)C(=O)CCl. The molecule has 0 bridgehead atoms. The average Bonchev–Trinajstić information content (AvgIpc) is 2.82. The van der Waals surface area contributed by atoms with Crippen molar-refractivity contribution in [1.29, 1.82) is 0 Å². The molecule has 0 aromatic rings. The number of alkyl halides is 1. The highest BCUT2D eigenvalue weighted by Crippen LogP contribution is 2.67. The second-order valence-corrected chi connectivity index (χ2v) is 9.92. The summed E-state index contributed by atoms with van der Waals surface area (Å²) in [5.41, 5.74) is -1.92. The molecule has 3 N–H and O–H groups in total. The molecule has 2 unspecified atom stereocenters. The molecule has 3 saturated carbocycles. The van der Waals surface area contributed by atoms with Crippen LogP contribution in [-0.4, -0.2) is 50.6 Å². The minimum absolute atomic E-state index is 0.0238. The van der Waals surface area contributed by atoms with Crippen molar-refractivity contribution in [3.8, 4) is 0 Å². The number of carbonyl (C=O) groups excluding carboxylic acids is 2. The van der Waals surface area contributed by atoms with E-state index in [0.29, 0.717) is 12.8 Å². The number of ketones is 2. The molecule has 27 heavy (non-hydrogen) atoms. The predicted octanol–water partition coefficient (Wildman–Crippen LogP) is 2.00. The summed E-state index contributed by atoms with van der Waals surface area (Å²) in [5, 5.41) is 33.2. The van der Waals surface area contributed by atoms with E-state index in [-0.39, 0.29) is 41.3 Å². The van der Waals surface area contributed by atoms with E-state index < -0.39 is 29.0 Å². The monoisotopic (exact) mass is 396 g/mol. The maximum absolute atomic E-state index is 12.5. The summed E-state index contributed by atoms with van der Waals surface area (Å²) in [5.74, 6) is -0.737. The summed E-state index contributed by atoms with van der Waals surface area (Å²) in [6, 6.07) is 0. The number of allylic oxidation sites excluding steroid dienone is 1. The molecular formula is C21H29ClO5. The molecule has 4 aliphatic carbocycles. The second-order valence-electron chi connectivity index (χ2n) is 9.65. The van der Waals surface area contributed by atoms with Crippen LogP contribution in [0.3, 0.4) is 0 Å². The van der Waals surface area contributed by atoms with Gasteiger partial charge in [-0.2, -0.15) is 0 Å². The molecule has 0 aromatic heterocycles. The van der Waals surface area contributed by atoms with E-state index in [1.165, 1.54) is 0 Å². The van der Waals surface area contributed by atoms with Crippen LogP contribution in [0.4, 0.5) is 0 Å². The summed E-state index contributed by atoms with van der Waals surface area (Å²) in [7, 11) is 0. The lowest BCUT2D eigenvalue weighted by molar-refractivity contribution is -0.189. The lowest BCUT2D eigenvalue weighted by Gasteiger charge is -2.60. The van der Waals surface area contributed by atoms with E-state index in [2.05, 4.69) is 6.92 Å². The van der Waals surface area contributed by atoms with Gasteiger partial charge < -0.3 is 15.3 Å². The van der Waals surface area contributed by atoms with Crippen LogP contribution in [0, 0.1) is 28.6 Å². The Morgan fingerprint density at radius 3 is 2.67 bits per heavy atom. The highest BCUT2D eigenvalue weighted by molar-refractivity contribution is 6.29. The highest BCUT2D eigenvalue weighted by Gasteiger charge is 2.71. The molecule has 6 heteroatoms. The number of halogens is 1. The van der Waals surface area contributed by atoms with Crippen molar-refractivity contribution >= 4 is 23.2 Å². The van der Waals surface area contributed by atoms with Gasteiger partial charge in [0.1, 0.15) is 0 Å². The molecule has 4 aliphatic rings. The molecule has 0 saturated heterocycles. The maximum Gasteiger partial charge on any atom is 0.182 e. The molecule has 4 rings (SSSR count). The molecule has 0 heterocycles. The lowest BCUT2D eigenvalue weighted by atomic mass is 9.45. The van der Waals surface area contributed by atoms with Crippen LogP contribution >= 0.6 is 11.6 Å². The zero-order chi connectivity index (χ0) is 19.8. The molecule has 0 spiro atoms. The molecule has 5 nitrogen and oxygen atoms in total. The van der Waals surface area contributed by atoms with Gasteiger partial charge in [-0.05, 0) is 61.3 Å². The Hall–Kier alpha value is -0.750. The van der Waals surface area contributed by atoms with Crippen molar-refractivity contribution in [2.75, 3.05) is 5.88 Å². The first-order chi connectivity index (χ1) is 12.6. The summed E-state index contributed by atoms with van der Waals surface area (Å²) in [6.07, 6.45) is 3.33. The molecule has 0 amide bonds. The fraction of sp³-hybridized carbons (Fsp3) is 0.810. The van der Waals surface area contributed by atoms with E-state index in [0.717, 1.165) is 24.8 Å². The quantitative estimate of drug-likeness (QED) is 0.620. The largest absolute Gasteiger partial charge is 0.393 e. The minimum atomic E-state index is -1.91. The van der Waals surface area contributed by atoms with E-state index >= 15 is 0 Å². The first kappa shape index (κ1) is 19.6. The van der Waals surface area contributed by atoms with Crippen molar-refractivity contribution in [2.24, 2.45) is 28.6 Å².